The van der Waals surface area contributed by atoms with E-state index in [1.54, 1.807) is 18.2 Å². The van der Waals surface area contributed by atoms with Gasteiger partial charge in [-0.15, -0.1) is 0 Å². The van der Waals surface area contributed by atoms with Gasteiger partial charge in [0.2, 0.25) is 5.91 Å². The van der Waals surface area contributed by atoms with Gasteiger partial charge in [-0.2, -0.15) is 13.2 Å². The highest BCUT2D eigenvalue weighted by atomic mass is 35.5. The molecule has 1 N–H and O–H groups in total. The Labute approximate surface area is 186 Å². The second-order valence-electron chi connectivity index (χ2n) is 7.61. The number of hydrogen-bond acceptors (Lipinski definition) is 3. The average Bonchev–Trinajstić information content (AvgIpc) is 3.02. The Morgan fingerprint density at radius 1 is 1.00 bits per heavy atom. The SMILES string of the molecule is O=C1CC([NH+]2CCN(c3cccc(C(F)(F)F)c3)CC2)C(=O)N1c1ccc(Cl)cc1Cl. The van der Waals surface area contributed by atoms with Gasteiger partial charge in [0, 0.05) is 10.7 Å². The molecule has 2 amide bonds. The monoisotopic (exact) mass is 472 g/mol. The van der Waals surface area contributed by atoms with Crippen molar-refractivity contribution >= 4 is 46.4 Å². The number of quaternary nitrogens is 1. The Kier molecular flexibility index (Phi) is 5.89. The quantitative estimate of drug-likeness (QED) is 0.698. The summed E-state index contributed by atoms with van der Waals surface area (Å²) < 4.78 is 39.0. The maximum absolute atomic E-state index is 13.0. The number of benzene rings is 2. The molecule has 10 heteroatoms. The average molecular weight is 473 g/mol. The van der Waals surface area contributed by atoms with Crippen LogP contribution < -0.4 is 14.7 Å². The van der Waals surface area contributed by atoms with Crippen molar-refractivity contribution < 1.29 is 27.7 Å². The zero-order valence-electron chi connectivity index (χ0n) is 16.3. The number of anilines is 2. The highest BCUT2D eigenvalue weighted by Gasteiger charge is 2.47. The molecule has 2 aliphatic rings. The molecule has 2 heterocycles. The summed E-state index contributed by atoms with van der Waals surface area (Å²) in [4.78, 5) is 29.5. The number of carbonyl (C=O) groups is 2. The molecule has 0 saturated carbocycles. The maximum Gasteiger partial charge on any atom is 0.416 e. The first-order valence-corrected chi connectivity index (χ1v) is 10.5. The van der Waals surface area contributed by atoms with E-state index in [0.717, 1.165) is 21.9 Å². The second-order valence-corrected chi connectivity index (χ2v) is 8.46. The molecule has 1 unspecified atom stereocenters. The number of piperazine rings is 1. The molecule has 0 radical (unpaired) electrons. The highest BCUT2D eigenvalue weighted by Crippen LogP contribution is 2.33. The van der Waals surface area contributed by atoms with Crippen LogP contribution in [0.15, 0.2) is 42.5 Å². The second kappa shape index (κ2) is 8.33. The number of halogens is 5. The van der Waals surface area contributed by atoms with Gasteiger partial charge in [0.05, 0.1) is 48.9 Å². The molecule has 2 fully saturated rings. The first-order valence-electron chi connectivity index (χ1n) is 9.74. The lowest BCUT2D eigenvalue weighted by molar-refractivity contribution is -0.915. The van der Waals surface area contributed by atoms with Crippen LogP contribution in [0.25, 0.3) is 0 Å². The normalized spacial score (nSPS) is 20.6. The van der Waals surface area contributed by atoms with Gasteiger partial charge in [-0.3, -0.25) is 9.59 Å². The zero-order chi connectivity index (χ0) is 22.3. The molecule has 0 bridgehead atoms. The Balaban J connectivity index is 1.45. The van der Waals surface area contributed by atoms with Crippen molar-refractivity contribution in [3.63, 3.8) is 0 Å². The largest absolute Gasteiger partial charge is 0.416 e. The third-order valence-electron chi connectivity index (χ3n) is 5.73. The summed E-state index contributed by atoms with van der Waals surface area (Å²) in [5.41, 5.74) is 0.120. The van der Waals surface area contributed by atoms with Crippen molar-refractivity contribution in [1.29, 1.82) is 0 Å². The van der Waals surface area contributed by atoms with Crippen LogP contribution in [0.1, 0.15) is 12.0 Å². The molecule has 2 aromatic rings. The van der Waals surface area contributed by atoms with E-state index in [1.165, 1.54) is 12.1 Å². The van der Waals surface area contributed by atoms with Crippen LogP contribution in [-0.4, -0.2) is 44.0 Å². The fourth-order valence-electron chi connectivity index (χ4n) is 4.15. The fraction of sp³-hybridized carbons (Fsp3) is 0.333. The molecule has 4 rings (SSSR count). The minimum Gasteiger partial charge on any atom is -0.360 e. The number of rotatable bonds is 3. The van der Waals surface area contributed by atoms with Crippen molar-refractivity contribution in [2.75, 3.05) is 36.0 Å². The molecule has 0 spiro atoms. The van der Waals surface area contributed by atoms with Gasteiger partial charge in [-0.25, -0.2) is 4.90 Å². The van der Waals surface area contributed by atoms with E-state index in [9.17, 15) is 22.8 Å². The molecule has 2 aromatic carbocycles. The van der Waals surface area contributed by atoms with E-state index in [2.05, 4.69) is 0 Å². The lowest BCUT2D eigenvalue weighted by atomic mass is 10.1. The molecule has 164 valence electrons. The maximum atomic E-state index is 13.0. The molecule has 2 aliphatic heterocycles. The van der Waals surface area contributed by atoms with Gasteiger partial charge in [0.15, 0.2) is 6.04 Å². The summed E-state index contributed by atoms with van der Waals surface area (Å²) in [7, 11) is 0. The minimum atomic E-state index is -4.40. The Morgan fingerprint density at radius 2 is 1.71 bits per heavy atom. The summed E-state index contributed by atoms with van der Waals surface area (Å²) in [6, 6.07) is 9.28. The first-order chi connectivity index (χ1) is 14.6. The van der Waals surface area contributed by atoms with E-state index in [-0.39, 0.29) is 23.3 Å². The standard InChI is InChI=1S/C21H18Cl2F3N3O2/c22-14-4-5-17(16(23)11-14)29-19(30)12-18(20(29)31)28-8-6-27(7-9-28)15-3-1-2-13(10-15)21(24,25)26/h1-5,10-11,18H,6-9,12H2/p+1. The van der Waals surface area contributed by atoms with E-state index in [4.69, 9.17) is 23.2 Å². The van der Waals surface area contributed by atoms with Crippen LogP contribution in [0, 0.1) is 0 Å². The smallest absolute Gasteiger partial charge is 0.360 e. The van der Waals surface area contributed by atoms with Crippen LogP contribution in [0.4, 0.5) is 24.5 Å². The highest BCUT2D eigenvalue weighted by molar-refractivity contribution is 6.38. The van der Waals surface area contributed by atoms with Gasteiger partial charge >= 0.3 is 6.18 Å². The topological polar surface area (TPSA) is 45.1 Å². The van der Waals surface area contributed by atoms with Crippen LogP contribution in [0.5, 0.6) is 0 Å². The summed E-state index contributed by atoms with van der Waals surface area (Å²) in [5, 5.41) is 0.625. The molecule has 31 heavy (non-hydrogen) atoms. The summed E-state index contributed by atoms with van der Waals surface area (Å²) in [5.74, 6) is -0.649. The van der Waals surface area contributed by atoms with Crippen molar-refractivity contribution in [3.8, 4) is 0 Å². The zero-order valence-corrected chi connectivity index (χ0v) is 17.8. The van der Waals surface area contributed by atoms with Crippen LogP contribution >= 0.6 is 23.2 Å². The molecule has 0 aromatic heterocycles. The Morgan fingerprint density at radius 3 is 2.35 bits per heavy atom. The van der Waals surface area contributed by atoms with E-state index in [1.807, 2.05) is 4.90 Å². The van der Waals surface area contributed by atoms with E-state index in [0.29, 0.717) is 42.6 Å². The first kappa shape index (κ1) is 21.9. The Bertz CT molecular complexity index is 1020. The van der Waals surface area contributed by atoms with Gasteiger partial charge in [-0.05, 0) is 36.4 Å². The van der Waals surface area contributed by atoms with E-state index < -0.39 is 17.8 Å². The van der Waals surface area contributed by atoms with Crippen molar-refractivity contribution in [2.45, 2.75) is 18.6 Å². The summed E-state index contributed by atoms with van der Waals surface area (Å²) >= 11 is 12.1. The molecule has 1 atom stereocenters. The number of imide groups is 1. The molecular weight excluding hydrogens is 454 g/mol. The van der Waals surface area contributed by atoms with Gasteiger partial charge in [-0.1, -0.05) is 29.3 Å². The van der Waals surface area contributed by atoms with Gasteiger partial charge in [0.1, 0.15) is 0 Å². The van der Waals surface area contributed by atoms with Gasteiger partial charge in [0.25, 0.3) is 5.91 Å². The number of nitrogens with one attached hydrogen (secondary N) is 1. The lowest BCUT2D eigenvalue weighted by Crippen LogP contribution is -3.19. The molecular formula is C21H19Cl2F3N3O2+. The van der Waals surface area contributed by atoms with Crippen LogP contribution in [-0.2, 0) is 15.8 Å². The minimum absolute atomic E-state index is 0.0662. The van der Waals surface area contributed by atoms with Crippen LogP contribution in [0.2, 0.25) is 10.0 Å². The number of nitrogens with zero attached hydrogens (tertiary/aromatic N) is 2. The Hall–Kier alpha value is -2.29. The number of hydrogen-bond donors (Lipinski definition) is 1. The summed E-state index contributed by atoms with van der Waals surface area (Å²) in [6.07, 6.45) is -4.33. The number of alkyl halides is 3. The number of amides is 2. The number of carbonyl (C=O) groups excluding carboxylic acids is 2. The van der Waals surface area contributed by atoms with Gasteiger partial charge < -0.3 is 9.80 Å². The van der Waals surface area contributed by atoms with Crippen molar-refractivity contribution in [3.05, 3.63) is 58.1 Å². The van der Waals surface area contributed by atoms with E-state index >= 15 is 0 Å². The predicted molar refractivity (Wildman–Crippen MR) is 112 cm³/mol. The third kappa shape index (κ3) is 4.37. The van der Waals surface area contributed by atoms with Crippen LogP contribution in [0.3, 0.4) is 0 Å². The lowest BCUT2D eigenvalue weighted by Gasteiger charge is -2.35. The summed E-state index contributed by atoms with van der Waals surface area (Å²) in [6.45, 7) is 2.02. The van der Waals surface area contributed by atoms with Crippen molar-refractivity contribution in [2.24, 2.45) is 0 Å². The molecule has 0 aliphatic carbocycles. The third-order valence-corrected chi connectivity index (χ3v) is 6.27. The molecule has 2 saturated heterocycles. The predicted octanol–water partition coefficient (Wildman–Crippen LogP) is 3.05. The van der Waals surface area contributed by atoms with Crippen molar-refractivity contribution in [1.82, 2.24) is 0 Å². The molecule has 5 nitrogen and oxygen atoms in total. The fourth-order valence-corrected chi connectivity index (χ4v) is 4.64.